The predicted octanol–water partition coefficient (Wildman–Crippen LogP) is 3.74. The Morgan fingerprint density at radius 3 is 2.59 bits per heavy atom. The van der Waals surface area contributed by atoms with Gasteiger partial charge in [-0.15, -0.1) is 0 Å². The molecule has 2 aliphatic rings. The number of nitrogens with zero attached hydrogens (tertiary/aromatic N) is 5. The van der Waals surface area contributed by atoms with Crippen LogP contribution >= 0.6 is 15.9 Å². The summed E-state index contributed by atoms with van der Waals surface area (Å²) in [6.45, 7) is 2.28. The van der Waals surface area contributed by atoms with Gasteiger partial charge in [0.05, 0.1) is 4.47 Å². The number of anilines is 1. The van der Waals surface area contributed by atoms with Crippen LogP contribution in [0.3, 0.4) is 0 Å². The van der Waals surface area contributed by atoms with E-state index in [-0.39, 0.29) is 59.4 Å². The number of alkyl halides is 2. The molecular formula is C20H23BrF3N5O3. The zero-order chi connectivity index (χ0) is 23.0. The van der Waals surface area contributed by atoms with Crippen LogP contribution in [0.4, 0.5) is 23.8 Å². The van der Waals surface area contributed by atoms with Crippen LogP contribution in [0, 0.1) is 5.82 Å². The predicted molar refractivity (Wildman–Crippen MR) is 115 cm³/mol. The molecule has 1 amide bonds. The first kappa shape index (κ1) is 22.8. The van der Waals surface area contributed by atoms with Crippen molar-refractivity contribution in [1.82, 2.24) is 19.8 Å². The van der Waals surface area contributed by atoms with Gasteiger partial charge < -0.3 is 24.5 Å². The Morgan fingerprint density at radius 1 is 1.28 bits per heavy atom. The lowest BCUT2D eigenvalue weighted by Gasteiger charge is -2.34. The summed E-state index contributed by atoms with van der Waals surface area (Å²) in [5, 5.41) is 9.32. The first-order valence-electron chi connectivity index (χ1n) is 10.3. The minimum Gasteiger partial charge on any atom is -0.465 e. The number of benzene rings is 1. The highest BCUT2D eigenvalue weighted by Gasteiger charge is 2.28. The van der Waals surface area contributed by atoms with E-state index in [0.29, 0.717) is 6.61 Å². The second-order valence-electron chi connectivity index (χ2n) is 7.96. The molecule has 12 heteroatoms. The second kappa shape index (κ2) is 9.26. The molecule has 1 unspecified atom stereocenters. The van der Waals surface area contributed by atoms with Crippen LogP contribution in [0.1, 0.15) is 24.8 Å². The molecule has 2 aliphatic heterocycles. The average Bonchev–Trinajstić information content (AvgIpc) is 3.19. The highest BCUT2D eigenvalue weighted by atomic mass is 79.9. The molecule has 0 saturated carbocycles. The summed E-state index contributed by atoms with van der Waals surface area (Å²) in [5.74, 6) is -0.656. The van der Waals surface area contributed by atoms with E-state index in [1.54, 1.807) is 4.90 Å². The maximum Gasteiger partial charge on any atom is 0.407 e. The van der Waals surface area contributed by atoms with E-state index >= 15 is 4.39 Å². The summed E-state index contributed by atoms with van der Waals surface area (Å²) in [5.41, 5.74) is -0.619. The highest BCUT2D eigenvalue weighted by molar-refractivity contribution is 9.10. The molecule has 4 rings (SSSR count). The number of carbonyl (C=O) groups is 1. The minimum atomic E-state index is -2.89. The summed E-state index contributed by atoms with van der Waals surface area (Å²) in [7, 11) is 2.00. The van der Waals surface area contributed by atoms with Crippen molar-refractivity contribution in [1.29, 1.82) is 0 Å². The molecule has 2 saturated heterocycles. The quantitative estimate of drug-likeness (QED) is 0.646. The van der Waals surface area contributed by atoms with Gasteiger partial charge in [-0.25, -0.2) is 18.0 Å². The summed E-state index contributed by atoms with van der Waals surface area (Å²) in [4.78, 5) is 25.0. The van der Waals surface area contributed by atoms with Crippen LogP contribution in [0.15, 0.2) is 10.5 Å². The van der Waals surface area contributed by atoms with Gasteiger partial charge in [-0.05, 0) is 48.4 Å². The number of likely N-dealkylation sites (tertiary alicyclic amines) is 1. The Morgan fingerprint density at radius 2 is 2.00 bits per heavy atom. The van der Waals surface area contributed by atoms with Crippen molar-refractivity contribution in [3.05, 3.63) is 21.9 Å². The largest absolute Gasteiger partial charge is 0.465 e. The van der Waals surface area contributed by atoms with Crippen molar-refractivity contribution < 1.29 is 27.8 Å². The van der Waals surface area contributed by atoms with Gasteiger partial charge in [-0.2, -0.15) is 9.97 Å². The maximum atomic E-state index is 15.1. The average molecular weight is 518 g/mol. The number of hydrogen-bond acceptors (Lipinski definition) is 6. The number of halogens is 4. The van der Waals surface area contributed by atoms with E-state index in [1.165, 1.54) is 11.0 Å². The molecule has 2 aromatic rings. The third-order valence-corrected chi connectivity index (χ3v) is 6.83. The van der Waals surface area contributed by atoms with Gasteiger partial charge in [0.15, 0.2) is 5.82 Å². The number of fused-ring (bicyclic) bond motifs is 1. The SMILES string of the molecule is CN1CCCC1COc1nc(N2CCN(C(=O)O)CC2)c2cc(C(F)F)c(Br)c(F)c2n1. The van der Waals surface area contributed by atoms with Crippen molar-refractivity contribution in [2.24, 2.45) is 0 Å². The molecule has 1 aromatic heterocycles. The lowest BCUT2D eigenvalue weighted by Crippen LogP contribution is -2.48. The third kappa shape index (κ3) is 4.42. The fourth-order valence-electron chi connectivity index (χ4n) is 4.12. The van der Waals surface area contributed by atoms with Crippen molar-refractivity contribution in [3.63, 3.8) is 0 Å². The Labute approximate surface area is 191 Å². The molecule has 1 N–H and O–H groups in total. The number of likely N-dealkylation sites (N-methyl/N-ethyl adjacent to an activating group) is 1. The summed E-state index contributed by atoms with van der Waals surface area (Å²) >= 11 is 2.92. The zero-order valence-corrected chi connectivity index (χ0v) is 19.0. The second-order valence-corrected chi connectivity index (χ2v) is 8.76. The zero-order valence-electron chi connectivity index (χ0n) is 17.4. The van der Waals surface area contributed by atoms with E-state index in [9.17, 15) is 18.7 Å². The monoisotopic (exact) mass is 517 g/mol. The van der Waals surface area contributed by atoms with Crippen molar-refractivity contribution >= 4 is 38.7 Å². The Bertz CT molecular complexity index is 1020. The fraction of sp³-hybridized carbons (Fsp3) is 0.550. The number of hydrogen-bond donors (Lipinski definition) is 1. The lowest BCUT2D eigenvalue weighted by atomic mass is 10.1. The van der Waals surface area contributed by atoms with E-state index in [4.69, 9.17) is 4.74 Å². The number of carboxylic acid groups (broad SMARTS) is 1. The van der Waals surface area contributed by atoms with Gasteiger partial charge in [0.2, 0.25) is 0 Å². The molecule has 174 valence electrons. The van der Waals surface area contributed by atoms with Crippen LogP contribution < -0.4 is 9.64 Å². The molecule has 3 heterocycles. The van der Waals surface area contributed by atoms with E-state index in [0.717, 1.165) is 19.4 Å². The van der Waals surface area contributed by atoms with Crippen LogP contribution in [-0.4, -0.2) is 83.4 Å². The first-order chi connectivity index (χ1) is 15.3. The number of amides is 1. The third-order valence-electron chi connectivity index (χ3n) is 6.02. The molecule has 0 spiro atoms. The van der Waals surface area contributed by atoms with Gasteiger partial charge in [0, 0.05) is 43.2 Å². The van der Waals surface area contributed by atoms with E-state index < -0.39 is 23.9 Å². The molecule has 32 heavy (non-hydrogen) atoms. The number of aromatic nitrogens is 2. The topological polar surface area (TPSA) is 82.0 Å². The van der Waals surface area contributed by atoms with Gasteiger partial charge in [-0.3, -0.25) is 0 Å². The van der Waals surface area contributed by atoms with Gasteiger partial charge in [0.25, 0.3) is 6.43 Å². The van der Waals surface area contributed by atoms with Gasteiger partial charge in [0.1, 0.15) is 17.9 Å². The van der Waals surface area contributed by atoms with Crippen LogP contribution in [-0.2, 0) is 0 Å². The molecule has 0 radical (unpaired) electrons. The molecule has 2 fully saturated rings. The van der Waals surface area contributed by atoms with E-state index in [1.807, 2.05) is 7.05 Å². The maximum absolute atomic E-state index is 15.1. The summed E-state index contributed by atoms with van der Waals surface area (Å²) < 4.78 is 47.6. The van der Waals surface area contributed by atoms with Crippen LogP contribution in [0.2, 0.25) is 0 Å². The minimum absolute atomic E-state index is 0.0379. The molecule has 0 aliphatic carbocycles. The Balaban J connectivity index is 1.73. The number of ether oxygens (including phenoxy) is 1. The molecule has 1 atom stereocenters. The Hall–Kier alpha value is -2.34. The Kier molecular flexibility index (Phi) is 6.61. The van der Waals surface area contributed by atoms with Crippen LogP contribution in [0.5, 0.6) is 6.01 Å². The normalized spacial score (nSPS) is 19.9. The number of piperazine rings is 1. The molecule has 1 aromatic carbocycles. The standard InChI is InChI=1S/C20H23BrF3N5O3/c1-27-4-2-3-11(27)10-32-19-25-16-13(9-12(17(23)24)14(21)15(16)22)18(26-19)28-5-7-29(8-6-28)20(30)31/h9,11,17H,2-8,10H2,1H3,(H,30,31). The molecular weight excluding hydrogens is 495 g/mol. The highest BCUT2D eigenvalue weighted by Crippen LogP contribution is 2.38. The van der Waals surface area contributed by atoms with Gasteiger partial charge >= 0.3 is 12.1 Å². The number of rotatable bonds is 5. The molecule has 0 bridgehead atoms. The van der Waals surface area contributed by atoms with Crippen molar-refractivity contribution in [2.75, 3.05) is 51.3 Å². The van der Waals surface area contributed by atoms with E-state index in [2.05, 4.69) is 30.8 Å². The van der Waals surface area contributed by atoms with Gasteiger partial charge in [-0.1, -0.05) is 0 Å². The van der Waals surface area contributed by atoms with Crippen molar-refractivity contribution in [2.45, 2.75) is 25.3 Å². The summed E-state index contributed by atoms with van der Waals surface area (Å²) in [6, 6.07) is 1.33. The molecule has 8 nitrogen and oxygen atoms in total. The van der Waals surface area contributed by atoms with Crippen molar-refractivity contribution in [3.8, 4) is 6.01 Å². The lowest BCUT2D eigenvalue weighted by molar-refractivity contribution is 0.142. The smallest absolute Gasteiger partial charge is 0.407 e. The first-order valence-corrected chi connectivity index (χ1v) is 11.1. The summed E-state index contributed by atoms with van der Waals surface area (Å²) in [6.07, 6.45) is -1.91. The van der Waals surface area contributed by atoms with Crippen LogP contribution in [0.25, 0.3) is 10.9 Å². The fourth-order valence-corrected chi connectivity index (χ4v) is 4.60.